The second kappa shape index (κ2) is 4.20. The first-order valence-electron chi connectivity index (χ1n) is 6.10. The van der Waals surface area contributed by atoms with Crippen molar-refractivity contribution in [2.75, 3.05) is 5.73 Å². The van der Waals surface area contributed by atoms with Gasteiger partial charge in [0.1, 0.15) is 0 Å². The molecule has 0 aliphatic heterocycles. The van der Waals surface area contributed by atoms with Crippen LogP contribution in [0.3, 0.4) is 0 Å². The fourth-order valence-electron chi connectivity index (χ4n) is 2.55. The van der Waals surface area contributed by atoms with Crippen LogP contribution in [-0.4, -0.2) is 14.8 Å². The normalized spacial score (nSPS) is 16.5. The highest BCUT2D eigenvalue weighted by atomic mass is 15.3. The van der Waals surface area contributed by atoms with Gasteiger partial charge in [0.15, 0.2) is 0 Å². The van der Waals surface area contributed by atoms with Gasteiger partial charge in [0.05, 0.1) is 23.3 Å². The molecule has 2 aromatic heterocycles. The Labute approximate surface area is 100 Å². The number of hydrogen-bond donors (Lipinski definition) is 1. The molecule has 3 rings (SSSR count). The SMILES string of the molecule is Nc1cn(-c2ccncc2)nc1C1CCCC1. The Morgan fingerprint density at radius 2 is 1.88 bits per heavy atom. The highest BCUT2D eigenvalue weighted by molar-refractivity contribution is 5.46. The van der Waals surface area contributed by atoms with Crippen LogP contribution in [0.1, 0.15) is 37.3 Å². The van der Waals surface area contributed by atoms with Gasteiger partial charge in [0.2, 0.25) is 0 Å². The van der Waals surface area contributed by atoms with E-state index in [0.717, 1.165) is 17.1 Å². The molecule has 0 unspecified atom stereocenters. The minimum atomic E-state index is 0.554. The highest BCUT2D eigenvalue weighted by Crippen LogP contribution is 2.36. The van der Waals surface area contributed by atoms with Gasteiger partial charge in [-0.25, -0.2) is 4.68 Å². The van der Waals surface area contributed by atoms with Crippen LogP contribution in [0.25, 0.3) is 5.69 Å². The first-order chi connectivity index (χ1) is 8.34. The number of aromatic nitrogens is 3. The van der Waals surface area contributed by atoms with E-state index in [-0.39, 0.29) is 0 Å². The molecule has 88 valence electrons. The van der Waals surface area contributed by atoms with Gasteiger partial charge in [0.25, 0.3) is 0 Å². The minimum Gasteiger partial charge on any atom is -0.396 e. The molecular weight excluding hydrogens is 212 g/mol. The highest BCUT2D eigenvalue weighted by Gasteiger charge is 2.22. The van der Waals surface area contributed by atoms with Crippen LogP contribution in [0.5, 0.6) is 0 Å². The van der Waals surface area contributed by atoms with Gasteiger partial charge >= 0.3 is 0 Å². The summed E-state index contributed by atoms with van der Waals surface area (Å²) in [6.45, 7) is 0. The van der Waals surface area contributed by atoms with E-state index in [1.54, 1.807) is 12.4 Å². The number of nitrogens with zero attached hydrogens (tertiary/aromatic N) is 3. The van der Waals surface area contributed by atoms with Crippen molar-refractivity contribution in [2.45, 2.75) is 31.6 Å². The molecule has 2 heterocycles. The Balaban J connectivity index is 1.95. The summed E-state index contributed by atoms with van der Waals surface area (Å²) in [5, 5.41) is 4.63. The van der Waals surface area contributed by atoms with E-state index >= 15 is 0 Å². The number of pyridine rings is 1. The van der Waals surface area contributed by atoms with Crippen molar-refractivity contribution in [3.8, 4) is 5.69 Å². The number of rotatable bonds is 2. The molecule has 0 aromatic carbocycles. The van der Waals surface area contributed by atoms with Crippen molar-refractivity contribution in [1.82, 2.24) is 14.8 Å². The first kappa shape index (κ1) is 10.3. The number of nitrogens with two attached hydrogens (primary N) is 1. The lowest BCUT2D eigenvalue weighted by Crippen LogP contribution is -1.99. The molecule has 1 saturated carbocycles. The molecule has 0 spiro atoms. The third-order valence-corrected chi connectivity index (χ3v) is 3.44. The molecule has 0 radical (unpaired) electrons. The van der Waals surface area contributed by atoms with Crippen LogP contribution in [0, 0.1) is 0 Å². The summed E-state index contributed by atoms with van der Waals surface area (Å²) in [6.07, 6.45) is 10.5. The summed E-state index contributed by atoms with van der Waals surface area (Å²) in [5.41, 5.74) is 8.95. The average Bonchev–Trinajstić information content (AvgIpc) is 2.99. The van der Waals surface area contributed by atoms with Crippen LogP contribution in [0.4, 0.5) is 5.69 Å². The Hall–Kier alpha value is -1.84. The van der Waals surface area contributed by atoms with Crippen LogP contribution in [-0.2, 0) is 0 Å². The van der Waals surface area contributed by atoms with Crippen molar-refractivity contribution in [3.63, 3.8) is 0 Å². The van der Waals surface area contributed by atoms with E-state index in [1.807, 2.05) is 23.0 Å². The summed E-state index contributed by atoms with van der Waals surface area (Å²) in [5.74, 6) is 0.554. The predicted molar refractivity (Wildman–Crippen MR) is 67.0 cm³/mol. The van der Waals surface area contributed by atoms with E-state index in [0.29, 0.717) is 5.92 Å². The Bertz CT molecular complexity index is 497. The van der Waals surface area contributed by atoms with E-state index in [4.69, 9.17) is 5.73 Å². The molecule has 4 nitrogen and oxygen atoms in total. The summed E-state index contributed by atoms with van der Waals surface area (Å²) in [7, 11) is 0. The minimum absolute atomic E-state index is 0.554. The quantitative estimate of drug-likeness (QED) is 0.859. The van der Waals surface area contributed by atoms with E-state index < -0.39 is 0 Å². The fraction of sp³-hybridized carbons (Fsp3) is 0.385. The first-order valence-corrected chi connectivity index (χ1v) is 6.10. The Kier molecular flexibility index (Phi) is 2.55. The molecule has 0 amide bonds. The van der Waals surface area contributed by atoms with Gasteiger partial charge in [-0.3, -0.25) is 4.98 Å². The van der Waals surface area contributed by atoms with Crippen molar-refractivity contribution in [3.05, 3.63) is 36.4 Å². The maximum absolute atomic E-state index is 6.06. The molecule has 0 bridgehead atoms. The zero-order chi connectivity index (χ0) is 11.7. The smallest absolute Gasteiger partial charge is 0.0889 e. The van der Waals surface area contributed by atoms with Crippen molar-refractivity contribution >= 4 is 5.69 Å². The molecule has 17 heavy (non-hydrogen) atoms. The largest absolute Gasteiger partial charge is 0.396 e. The van der Waals surface area contributed by atoms with Gasteiger partial charge in [-0.2, -0.15) is 5.10 Å². The van der Waals surface area contributed by atoms with E-state index in [9.17, 15) is 0 Å². The average molecular weight is 228 g/mol. The van der Waals surface area contributed by atoms with E-state index in [2.05, 4.69) is 10.1 Å². The van der Waals surface area contributed by atoms with Crippen molar-refractivity contribution in [2.24, 2.45) is 0 Å². The molecule has 2 N–H and O–H groups in total. The van der Waals surface area contributed by atoms with Crippen molar-refractivity contribution < 1.29 is 0 Å². The maximum Gasteiger partial charge on any atom is 0.0889 e. The number of nitrogen functional groups attached to an aromatic ring is 1. The second-order valence-corrected chi connectivity index (χ2v) is 4.60. The molecule has 0 atom stereocenters. The number of anilines is 1. The van der Waals surface area contributed by atoms with Crippen LogP contribution < -0.4 is 5.73 Å². The van der Waals surface area contributed by atoms with Crippen molar-refractivity contribution in [1.29, 1.82) is 0 Å². The van der Waals surface area contributed by atoms with Gasteiger partial charge in [-0.15, -0.1) is 0 Å². The third-order valence-electron chi connectivity index (χ3n) is 3.44. The molecule has 4 heteroatoms. The monoisotopic (exact) mass is 228 g/mol. The molecule has 1 aliphatic carbocycles. The predicted octanol–water partition coefficient (Wildman–Crippen LogP) is 2.51. The molecular formula is C13H16N4. The topological polar surface area (TPSA) is 56.7 Å². The molecule has 0 saturated heterocycles. The Morgan fingerprint density at radius 1 is 1.18 bits per heavy atom. The maximum atomic E-state index is 6.06. The lowest BCUT2D eigenvalue weighted by molar-refractivity contribution is 0.680. The second-order valence-electron chi connectivity index (χ2n) is 4.60. The molecule has 1 aliphatic rings. The summed E-state index contributed by atoms with van der Waals surface area (Å²) >= 11 is 0. The lowest BCUT2D eigenvalue weighted by atomic mass is 10.0. The molecule has 2 aromatic rings. The number of hydrogen-bond acceptors (Lipinski definition) is 3. The van der Waals surface area contributed by atoms with E-state index in [1.165, 1.54) is 25.7 Å². The van der Waals surface area contributed by atoms with Crippen LogP contribution in [0.15, 0.2) is 30.7 Å². The van der Waals surface area contributed by atoms with Crippen LogP contribution in [0.2, 0.25) is 0 Å². The summed E-state index contributed by atoms with van der Waals surface area (Å²) in [6, 6.07) is 3.87. The zero-order valence-electron chi connectivity index (χ0n) is 9.71. The molecule has 1 fully saturated rings. The lowest BCUT2D eigenvalue weighted by Gasteiger charge is -2.05. The van der Waals surface area contributed by atoms with Gasteiger partial charge < -0.3 is 5.73 Å². The fourth-order valence-corrected chi connectivity index (χ4v) is 2.55. The van der Waals surface area contributed by atoms with Crippen LogP contribution >= 0.6 is 0 Å². The summed E-state index contributed by atoms with van der Waals surface area (Å²) in [4.78, 5) is 4.01. The van der Waals surface area contributed by atoms with Gasteiger partial charge in [0, 0.05) is 18.3 Å². The standard InChI is InChI=1S/C13H16N4/c14-12-9-17(11-5-7-15-8-6-11)16-13(12)10-3-1-2-4-10/h5-10H,1-4,14H2. The summed E-state index contributed by atoms with van der Waals surface area (Å²) < 4.78 is 1.85. The Morgan fingerprint density at radius 3 is 2.59 bits per heavy atom. The zero-order valence-corrected chi connectivity index (χ0v) is 9.71. The third kappa shape index (κ3) is 1.90. The van der Waals surface area contributed by atoms with Gasteiger partial charge in [-0.1, -0.05) is 12.8 Å². The van der Waals surface area contributed by atoms with Gasteiger partial charge in [-0.05, 0) is 25.0 Å².